The van der Waals surface area contributed by atoms with Gasteiger partial charge < -0.3 is 15.4 Å². The van der Waals surface area contributed by atoms with E-state index in [1.807, 2.05) is 30.3 Å². The van der Waals surface area contributed by atoms with Crippen LogP contribution in [0.2, 0.25) is 5.02 Å². The first-order valence-corrected chi connectivity index (χ1v) is 9.65. The second kappa shape index (κ2) is 7.75. The van der Waals surface area contributed by atoms with E-state index in [1.165, 1.54) is 11.1 Å². The van der Waals surface area contributed by atoms with Crippen molar-refractivity contribution >= 4 is 23.2 Å². The van der Waals surface area contributed by atoms with Crippen molar-refractivity contribution < 1.29 is 9.53 Å². The van der Waals surface area contributed by atoms with Gasteiger partial charge in [0.25, 0.3) is 5.91 Å². The molecule has 1 heterocycles. The third-order valence-corrected chi connectivity index (χ3v) is 5.70. The lowest BCUT2D eigenvalue weighted by Crippen LogP contribution is -2.30. The molecule has 1 aliphatic heterocycles. The van der Waals surface area contributed by atoms with Gasteiger partial charge in [-0.1, -0.05) is 35.9 Å². The molecule has 0 saturated heterocycles. The van der Waals surface area contributed by atoms with Crippen molar-refractivity contribution in [3.63, 3.8) is 0 Å². The third-order valence-electron chi connectivity index (χ3n) is 5.45. The van der Waals surface area contributed by atoms with Crippen LogP contribution in [0.1, 0.15) is 39.9 Å². The van der Waals surface area contributed by atoms with Crippen molar-refractivity contribution in [3.05, 3.63) is 76.3 Å². The molecule has 1 aliphatic carbocycles. The number of ether oxygens (including phenoxy) is 1. The van der Waals surface area contributed by atoms with Crippen molar-refractivity contribution in [3.8, 4) is 0 Å². The Hall–Kier alpha value is -2.30. The number of amides is 1. The summed E-state index contributed by atoms with van der Waals surface area (Å²) >= 11 is 6.06. The normalized spacial score (nSPS) is 22.7. The number of methoxy groups -OCH3 is 1. The highest BCUT2D eigenvalue weighted by Gasteiger charge is 2.38. The Morgan fingerprint density at radius 1 is 1.26 bits per heavy atom. The van der Waals surface area contributed by atoms with Gasteiger partial charge in [-0.05, 0) is 53.8 Å². The monoisotopic (exact) mass is 382 g/mol. The number of hydrogen-bond donors (Lipinski definition) is 2. The Kier molecular flexibility index (Phi) is 5.19. The van der Waals surface area contributed by atoms with Gasteiger partial charge in [-0.25, -0.2) is 0 Å². The van der Waals surface area contributed by atoms with Crippen LogP contribution in [0.25, 0.3) is 0 Å². The number of nitrogens with one attached hydrogen (secondary N) is 2. The van der Waals surface area contributed by atoms with Crippen LogP contribution < -0.4 is 10.6 Å². The van der Waals surface area contributed by atoms with Gasteiger partial charge in [-0.2, -0.15) is 0 Å². The van der Waals surface area contributed by atoms with Crippen molar-refractivity contribution in [1.82, 2.24) is 5.32 Å². The molecule has 1 amide bonds. The summed E-state index contributed by atoms with van der Waals surface area (Å²) in [5.41, 5.74) is 4.22. The van der Waals surface area contributed by atoms with E-state index < -0.39 is 0 Å². The standard InChI is InChI=1S/C22H23ClN2O2/c1-27-12-11-24-22(26)15-7-10-20-19(13-15)17-3-2-4-18(17)21(25-20)14-5-8-16(23)9-6-14/h2-3,5-10,13,17-18,21,25H,4,11-12H2,1H3,(H,24,26)/t17-,18-,21-/m1/s1. The van der Waals surface area contributed by atoms with Gasteiger partial charge >= 0.3 is 0 Å². The zero-order chi connectivity index (χ0) is 18.8. The maximum absolute atomic E-state index is 12.4. The predicted molar refractivity (Wildman–Crippen MR) is 108 cm³/mol. The first-order chi connectivity index (χ1) is 13.2. The number of hydrogen-bond acceptors (Lipinski definition) is 3. The topological polar surface area (TPSA) is 50.4 Å². The average molecular weight is 383 g/mol. The van der Waals surface area contributed by atoms with Crippen molar-refractivity contribution in [2.45, 2.75) is 18.4 Å². The lowest BCUT2D eigenvalue weighted by molar-refractivity contribution is 0.0937. The fourth-order valence-corrected chi connectivity index (χ4v) is 4.23. The van der Waals surface area contributed by atoms with E-state index in [0.717, 1.165) is 17.1 Å². The highest BCUT2D eigenvalue weighted by molar-refractivity contribution is 6.30. The molecule has 0 bridgehead atoms. The van der Waals surface area contributed by atoms with Crippen LogP contribution in [0.3, 0.4) is 0 Å². The number of allylic oxidation sites excluding steroid dienone is 2. The molecule has 0 saturated carbocycles. The lowest BCUT2D eigenvalue weighted by atomic mass is 9.76. The van der Waals surface area contributed by atoms with Gasteiger partial charge in [0.1, 0.15) is 0 Å². The molecule has 2 aromatic rings. The van der Waals surface area contributed by atoms with Crippen molar-refractivity contribution in [2.24, 2.45) is 5.92 Å². The first-order valence-electron chi connectivity index (χ1n) is 9.27. The summed E-state index contributed by atoms with van der Waals surface area (Å²) in [5, 5.41) is 7.33. The maximum Gasteiger partial charge on any atom is 0.251 e. The number of benzene rings is 2. The molecule has 0 spiro atoms. The number of rotatable bonds is 5. The molecule has 4 rings (SSSR count). The number of anilines is 1. The number of carbonyl (C=O) groups is 1. The van der Waals surface area contributed by atoms with Crippen LogP contribution in [0.15, 0.2) is 54.6 Å². The fraction of sp³-hybridized carbons (Fsp3) is 0.318. The summed E-state index contributed by atoms with van der Waals surface area (Å²) in [7, 11) is 1.63. The Bertz CT molecular complexity index is 863. The SMILES string of the molecule is COCCNC(=O)c1ccc2c(c1)[C@@H]1C=CC[C@H]1[C@@H](c1ccc(Cl)cc1)N2. The van der Waals surface area contributed by atoms with E-state index in [9.17, 15) is 4.79 Å². The van der Waals surface area contributed by atoms with Gasteiger partial charge in [0.05, 0.1) is 12.6 Å². The summed E-state index contributed by atoms with van der Waals surface area (Å²) in [6, 6.07) is 14.2. The highest BCUT2D eigenvalue weighted by Crippen LogP contribution is 2.49. The van der Waals surface area contributed by atoms with E-state index in [4.69, 9.17) is 16.3 Å². The van der Waals surface area contributed by atoms with E-state index in [2.05, 4.69) is 34.9 Å². The van der Waals surface area contributed by atoms with E-state index in [-0.39, 0.29) is 11.9 Å². The third kappa shape index (κ3) is 3.60. The van der Waals surface area contributed by atoms with E-state index in [0.29, 0.717) is 30.6 Å². The second-order valence-electron chi connectivity index (χ2n) is 7.08. The van der Waals surface area contributed by atoms with E-state index >= 15 is 0 Å². The van der Waals surface area contributed by atoms with Crippen LogP contribution in [0.4, 0.5) is 5.69 Å². The molecule has 27 heavy (non-hydrogen) atoms. The summed E-state index contributed by atoms with van der Waals surface area (Å²) < 4.78 is 4.99. The van der Waals surface area contributed by atoms with Crippen LogP contribution >= 0.6 is 11.6 Å². The first kappa shape index (κ1) is 18.1. The second-order valence-corrected chi connectivity index (χ2v) is 7.51. The number of halogens is 1. The zero-order valence-electron chi connectivity index (χ0n) is 15.2. The van der Waals surface area contributed by atoms with Gasteiger partial charge in [-0.3, -0.25) is 4.79 Å². The summed E-state index contributed by atoms with van der Waals surface area (Å²) in [4.78, 5) is 12.4. The quantitative estimate of drug-likeness (QED) is 0.589. The number of fused-ring (bicyclic) bond motifs is 3. The van der Waals surface area contributed by atoms with Gasteiger partial charge in [0.15, 0.2) is 0 Å². The molecule has 140 valence electrons. The molecule has 2 aromatic carbocycles. The summed E-state index contributed by atoms with van der Waals surface area (Å²) in [6.07, 6.45) is 5.55. The average Bonchev–Trinajstić information content (AvgIpc) is 3.18. The smallest absolute Gasteiger partial charge is 0.251 e. The molecule has 0 radical (unpaired) electrons. The molecule has 2 aliphatic rings. The molecular formula is C22H23ClN2O2. The Labute approximate surface area is 164 Å². The van der Waals surface area contributed by atoms with Crippen LogP contribution in [0, 0.1) is 5.92 Å². The van der Waals surface area contributed by atoms with Gasteiger partial charge in [0, 0.05) is 35.8 Å². The molecular weight excluding hydrogens is 360 g/mol. The Morgan fingerprint density at radius 2 is 2.07 bits per heavy atom. The van der Waals surface area contributed by atoms with Crippen LogP contribution in [-0.2, 0) is 4.74 Å². The van der Waals surface area contributed by atoms with Gasteiger partial charge in [0.2, 0.25) is 0 Å². The fourth-order valence-electron chi connectivity index (χ4n) is 4.10. The maximum atomic E-state index is 12.4. The molecule has 3 atom stereocenters. The summed E-state index contributed by atoms with van der Waals surface area (Å²) in [6.45, 7) is 1.02. The molecule has 2 N–H and O–H groups in total. The van der Waals surface area contributed by atoms with Crippen LogP contribution in [-0.4, -0.2) is 26.2 Å². The Morgan fingerprint density at radius 3 is 2.85 bits per heavy atom. The molecule has 0 fully saturated rings. The zero-order valence-corrected chi connectivity index (χ0v) is 16.0. The minimum absolute atomic E-state index is 0.0619. The minimum atomic E-state index is -0.0619. The highest BCUT2D eigenvalue weighted by atomic mass is 35.5. The number of carbonyl (C=O) groups excluding carboxylic acids is 1. The van der Waals surface area contributed by atoms with E-state index in [1.54, 1.807) is 7.11 Å². The summed E-state index contributed by atoms with van der Waals surface area (Å²) in [5.74, 6) is 0.687. The largest absolute Gasteiger partial charge is 0.383 e. The van der Waals surface area contributed by atoms with Gasteiger partial charge in [-0.15, -0.1) is 0 Å². The molecule has 0 aromatic heterocycles. The Balaban J connectivity index is 1.61. The molecule has 4 nitrogen and oxygen atoms in total. The van der Waals surface area contributed by atoms with Crippen molar-refractivity contribution in [2.75, 3.05) is 25.6 Å². The van der Waals surface area contributed by atoms with Crippen molar-refractivity contribution in [1.29, 1.82) is 0 Å². The van der Waals surface area contributed by atoms with Crippen LogP contribution in [0.5, 0.6) is 0 Å². The molecule has 0 unspecified atom stereocenters. The predicted octanol–water partition coefficient (Wildman–Crippen LogP) is 4.54. The lowest BCUT2D eigenvalue weighted by Gasteiger charge is -2.37. The minimum Gasteiger partial charge on any atom is -0.383 e. The molecule has 5 heteroatoms.